The molecule has 4 aromatic rings. The van der Waals surface area contributed by atoms with Gasteiger partial charge in [-0.1, -0.05) is 42.3 Å². The number of ketones is 1. The molecule has 1 saturated carbocycles. The van der Waals surface area contributed by atoms with Gasteiger partial charge in [0.15, 0.2) is 5.78 Å². The van der Waals surface area contributed by atoms with Crippen molar-refractivity contribution < 1.29 is 4.79 Å². The predicted molar refractivity (Wildman–Crippen MR) is 169 cm³/mol. The number of rotatable bonds is 4. The number of aryl methyl sites for hydroxylation is 6. The van der Waals surface area contributed by atoms with Crippen molar-refractivity contribution in [1.82, 2.24) is 9.13 Å². The van der Waals surface area contributed by atoms with E-state index >= 15 is 0 Å². The van der Waals surface area contributed by atoms with Crippen molar-refractivity contribution in [3.05, 3.63) is 116 Å². The quantitative estimate of drug-likeness (QED) is 0.242. The minimum absolute atomic E-state index is 0.186. The molecule has 1 aliphatic rings. The fraction of sp³-hybridized carbons (Fsp3) is 0.324. The molecule has 2 aromatic heterocycles. The molecular formula is C37H42N2O. The summed E-state index contributed by atoms with van der Waals surface area (Å²) in [5, 5.41) is 0. The van der Waals surface area contributed by atoms with Crippen LogP contribution in [0.1, 0.15) is 75.9 Å². The second-order valence-electron chi connectivity index (χ2n) is 12.1. The maximum atomic E-state index is 13.9. The summed E-state index contributed by atoms with van der Waals surface area (Å²) in [6.45, 7) is 19.5. The zero-order chi connectivity index (χ0) is 28.9. The van der Waals surface area contributed by atoms with Crippen molar-refractivity contribution in [1.29, 1.82) is 0 Å². The first kappa shape index (κ1) is 27.7. The molecule has 0 amide bonds. The number of carbonyl (C=O) groups excluding carboxylic acids is 1. The molecule has 3 nitrogen and oxygen atoms in total. The molecule has 0 saturated heterocycles. The molecule has 0 bridgehead atoms. The summed E-state index contributed by atoms with van der Waals surface area (Å²) >= 11 is 0. The summed E-state index contributed by atoms with van der Waals surface area (Å²) in [6.07, 6.45) is 5.91. The number of benzene rings is 2. The molecule has 0 atom stereocenters. The van der Waals surface area contributed by atoms with Crippen LogP contribution in [0.25, 0.3) is 23.5 Å². The number of Topliss-reactive ketones (excluding diaryl/α,β-unsaturated/α-hetero) is 1. The third kappa shape index (κ3) is 5.06. The van der Waals surface area contributed by atoms with Crippen LogP contribution in [0, 0.1) is 61.3 Å². The number of aromatic nitrogens is 2. The Morgan fingerprint density at radius 3 is 1.40 bits per heavy atom. The third-order valence-electron chi connectivity index (χ3n) is 8.51. The number of nitrogens with zero attached hydrogens (tertiary/aromatic N) is 2. The molecule has 0 spiro atoms. The first-order chi connectivity index (χ1) is 18.9. The van der Waals surface area contributed by atoms with E-state index in [0.29, 0.717) is 5.92 Å². The second kappa shape index (κ2) is 10.6. The van der Waals surface area contributed by atoms with Crippen LogP contribution in [0.5, 0.6) is 0 Å². The Bertz CT molecular complexity index is 1580. The number of hydrogen-bond donors (Lipinski definition) is 0. The van der Waals surface area contributed by atoms with Crippen LogP contribution in [0.2, 0.25) is 0 Å². The van der Waals surface area contributed by atoms with Crippen LogP contribution in [-0.2, 0) is 4.79 Å². The topological polar surface area (TPSA) is 26.9 Å². The van der Waals surface area contributed by atoms with Gasteiger partial charge in [-0.3, -0.25) is 4.79 Å². The Balaban J connectivity index is 1.52. The third-order valence-corrected chi connectivity index (χ3v) is 8.51. The lowest BCUT2D eigenvalue weighted by atomic mass is 9.81. The normalized spacial score (nSPS) is 17.8. The first-order valence-electron chi connectivity index (χ1n) is 14.4. The van der Waals surface area contributed by atoms with E-state index < -0.39 is 0 Å². The van der Waals surface area contributed by atoms with Gasteiger partial charge in [0.2, 0.25) is 0 Å². The van der Waals surface area contributed by atoms with E-state index in [1.807, 2.05) is 0 Å². The Kier molecular flexibility index (Phi) is 7.35. The molecule has 40 heavy (non-hydrogen) atoms. The zero-order valence-electron chi connectivity index (χ0n) is 25.6. The Morgan fingerprint density at radius 1 is 0.625 bits per heavy atom. The van der Waals surface area contributed by atoms with Crippen LogP contribution < -0.4 is 0 Å². The van der Waals surface area contributed by atoms with Gasteiger partial charge < -0.3 is 9.13 Å². The standard InChI is InChI=1S/C37H42N2O/c1-22-10-12-35(25(4)14-22)38-27(6)18-31(29(38)8)20-33-16-24(3)17-34(37(33)40)21-32-19-28(7)39(30(32)9)36-13-11-23(2)15-26(36)5/h10-15,18-21,24H,16-17H2,1-9H3. The molecule has 0 unspecified atom stereocenters. The average Bonchev–Trinajstić information content (AvgIpc) is 3.30. The lowest BCUT2D eigenvalue weighted by Gasteiger charge is -2.23. The highest BCUT2D eigenvalue weighted by atomic mass is 16.1. The van der Waals surface area contributed by atoms with Crippen molar-refractivity contribution in [3.63, 3.8) is 0 Å². The summed E-state index contributed by atoms with van der Waals surface area (Å²) in [7, 11) is 0. The van der Waals surface area contributed by atoms with E-state index in [9.17, 15) is 4.79 Å². The Morgan fingerprint density at radius 2 is 1.02 bits per heavy atom. The monoisotopic (exact) mass is 530 g/mol. The molecule has 0 N–H and O–H groups in total. The number of allylic oxidation sites excluding steroid dienone is 2. The molecular weight excluding hydrogens is 488 g/mol. The van der Waals surface area contributed by atoms with E-state index in [1.165, 1.54) is 56.4 Å². The van der Waals surface area contributed by atoms with Gasteiger partial charge in [-0.25, -0.2) is 0 Å². The molecule has 3 heteroatoms. The van der Waals surface area contributed by atoms with Crippen LogP contribution in [0.3, 0.4) is 0 Å². The van der Waals surface area contributed by atoms with Crippen LogP contribution in [0.4, 0.5) is 0 Å². The van der Waals surface area contributed by atoms with Crippen molar-refractivity contribution in [2.45, 2.75) is 75.2 Å². The van der Waals surface area contributed by atoms with E-state index in [2.05, 4.69) is 132 Å². The van der Waals surface area contributed by atoms with Crippen LogP contribution >= 0.6 is 0 Å². The van der Waals surface area contributed by atoms with Gasteiger partial charge in [0.05, 0.1) is 0 Å². The Hall–Kier alpha value is -3.85. The minimum Gasteiger partial charge on any atom is -0.318 e. The van der Waals surface area contributed by atoms with Crippen molar-refractivity contribution in [2.24, 2.45) is 5.92 Å². The molecule has 0 aliphatic heterocycles. The van der Waals surface area contributed by atoms with Crippen molar-refractivity contribution >= 4 is 17.9 Å². The second-order valence-corrected chi connectivity index (χ2v) is 12.1. The summed E-state index contributed by atoms with van der Waals surface area (Å²) in [5.41, 5.74) is 16.2. The van der Waals surface area contributed by atoms with E-state index in [4.69, 9.17) is 0 Å². The molecule has 2 heterocycles. The molecule has 206 valence electrons. The molecule has 1 aliphatic carbocycles. The van der Waals surface area contributed by atoms with Gasteiger partial charge in [0.25, 0.3) is 0 Å². The van der Waals surface area contributed by atoms with Crippen molar-refractivity contribution in [3.8, 4) is 11.4 Å². The van der Waals surface area contributed by atoms with Gasteiger partial charge in [-0.05, 0) is 133 Å². The van der Waals surface area contributed by atoms with Crippen LogP contribution in [0.15, 0.2) is 59.7 Å². The highest BCUT2D eigenvalue weighted by Crippen LogP contribution is 2.35. The molecule has 1 fully saturated rings. The minimum atomic E-state index is 0.186. The molecule has 5 rings (SSSR count). The lowest BCUT2D eigenvalue weighted by Crippen LogP contribution is -2.18. The summed E-state index contributed by atoms with van der Waals surface area (Å²) < 4.78 is 4.63. The Labute approximate surface area is 239 Å². The van der Waals surface area contributed by atoms with E-state index in [0.717, 1.165) is 35.1 Å². The summed E-state index contributed by atoms with van der Waals surface area (Å²) in [4.78, 5) is 13.9. The van der Waals surface area contributed by atoms with Gasteiger partial charge in [0.1, 0.15) is 0 Å². The van der Waals surface area contributed by atoms with Gasteiger partial charge in [-0.2, -0.15) is 0 Å². The zero-order valence-corrected chi connectivity index (χ0v) is 25.6. The van der Waals surface area contributed by atoms with E-state index in [-0.39, 0.29) is 5.78 Å². The maximum absolute atomic E-state index is 13.9. The smallest absolute Gasteiger partial charge is 0.185 e. The first-order valence-corrected chi connectivity index (χ1v) is 14.4. The average molecular weight is 531 g/mol. The molecule has 0 radical (unpaired) electrons. The molecule has 2 aromatic carbocycles. The SMILES string of the molecule is Cc1ccc(-n2c(C)cc(C=C3CC(C)CC(=Cc4cc(C)n(-c5ccc(C)cc5C)c4C)C3=O)c2C)c(C)c1. The summed E-state index contributed by atoms with van der Waals surface area (Å²) in [6, 6.07) is 17.6. The van der Waals surface area contributed by atoms with Gasteiger partial charge in [-0.15, -0.1) is 0 Å². The van der Waals surface area contributed by atoms with Crippen molar-refractivity contribution in [2.75, 3.05) is 0 Å². The highest BCUT2D eigenvalue weighted by Gasteiger charge is 2.26. The number of carbonyl (C=O) groups is 1. The predicted octanol–water partition coefficient (Wildman–Crippen LogP) is 9.20. The summed E-state index contributed by atoms with van der Waals surface area (Å²) in [5.74, 6) is 0.603. The van der Waals surface area contributed by atoms with Gasteiger partial charge >= 0.3 is 0 Å². The lowest BCUT2D eigenvalue weighted by molar-refractivity contribution is -0.113. The largest absolute Gasteiger partial charge is 0.318 e. The van der Waals surface area contributed by atoms with Gasteiger partial charge in [0, 0.05) is 45.3 Å². The van der Waals surface area contributed by atoms with E-state index in [1.54, 1.807) is 0 Å². The maximum Gasteiger partial charge on any atom is 0.185 e. The fourth-order valence-electron chi connectivity index (χ4n) is 6.56. The number of hydrogen-bond acceptors (Lipinski definition) is 1. The highest BCUT2D eigenvalue weighted by molar-refractivity contribution is 6.14. The fourth-order valence-corrected chi connectivity index (χ4v) is 6.56. The van der Waals surface area contributed by atoms with Crippen LogP contribution in [-0.4, -0.2) is 14.9 Å².